The molecule has 8 aromatic heterocycles. The number of benzene rings is 8. The van der Waals surface area contributed by atoms with E-state index < -0.39 is 23.9 Å². The summed E-state index contributed by atoms with van der Waals surface area (Å²) < 4.78 is 0. The molecule has 16 aromatic rings. The van der Waals surface area contributed by atoms with Crippen molar-refractivity contribution in [3.05, 3.63) is 401 Å². The Balaban J connectivity index is 0.000000150. The van der Waals surface area contributed by atoms with Crippen molar-refractivity contribution in [1.29, 1.82) is 0 Å². The molecule has 0 bridgehead atoms. The molecule has 0 aliphatic carbocycles. The van der Waals surface area contributed by atoms with Crippen LogP contribution in [0.3, 0.4) is 0 Å². The van der Waals surface area contributed by atoms with Crippen molar-refractivity contribution in [2.24, 2.45) is 0 Å². The quantitative estimate of drug-likeness (QED) is 0.0182. The fourth-order valence-corrected chi connectivity index (χ4v) is 17.2. The topological polar surface area (TPSA) is 300 Å². The number of carbonyl (C=O) groups is 4. The van der Waals surface area contributed by atoms with Crippen molar-refractivity contribution in [2.45, 2.75) is 80.1 Å². The number of rotatable bonds is 32. The number of hydrogen-bond donors (Lipinski definition) is 8. The number of thiophene rings is 4. The third-order valence-corrected chi connectivity index (χ3v) is 24.8. The van der Waals surface area contributed by atoms with Crippen LogP contribution in [0.5, 0.6) is 0 Å². The highest BCUT2D eigenvalue weighted by Crippen LogP contribution is 2.37. The molecule has 24 heteroatoms. The smallest absolute Gasteiger partial charge is 0.335 e. The summed E-state index contributed by atoms with van der Waals surface area (Å²) in [4.78, 5) is 91.5. The van der Waals surface area contributed by atoms with Crippen LogP contribution in [0.15, 0.2) is 292 Å². The predicted octanol–water partition coefficient (Wildman–Crippen LogP) is 27.6. The lowest BCUT2D eigenvalue weighted by Gasteiger charge is -2.15. The van der Waals surface area contributed by atoms with Gasteiger partial charge in [-0.2, -0.15) is 0 Å². The largest absolute Gasteiger partial charge is 0.478 e. The number of nitrogens with one attached hydrogen (secondary N) is 4. The summed E-state index contributed by atoms with van der Waals surface area (Å²) >= 11 is 6.56. The number of hydrogen-bond acceptors (Lipinski definition) is 20. The molecule has 8 N–H and O–H groups in total. The van der Waals surface area contributed by atoms with Crippen LogP contribution in [0.1, 0.15) is 156 Å². The van der Waals surface area contributed by atoms with Crippen molar-refractivity contribution < 1.29 is 39.6 Å². The van der Waals surface area contributed by atoms with Gasteiger partial charge in [0, 0.05) is 87.3 Å². The zero-order valence-electron chi connectivity index (χ0n) is 73.5. The molecule has 0 amide bonds. The zero-order chi connectivity index (χ0) is 92.8. The summed E-state index contributed by atoms with van der Waals surface area (Å²) in [5, 5.41) is 49.9. The van der Waals surface area contributed by atoms with E-state index in [1.807, 2.05) is 117 Å². The Morgan fingerprint density at radius 1 is 0.280 bits per heavy atom. The van der Waals surface area contributed by atoms with Crippen LogP contribution < -0.4 is 21.3 Å². The second kappa shape index (κ2) is 46.4. The van der Waals surface area contributed by atoms with Gasteiger partial charge in [-0.15, -0.1) is 58.5 Å². The molecule has 0 atom stereocenters. The van der Waals surface area contributed by atoms with Crippen LogP contribution in [-0.2, 0) is 38.5 Å². The highest BCUT2D eigenvalue weighted by atomic mass is 32.1. The standard InChI is InChI=1S/C28H25N3O2S.C27H23N3O2S.C27H25N3O2S.C26H23N3O2S/c1-3-8-23-24(4-2)30-27(31-26(23)29-21-14-12-20(13-15-21)28(32)33)25-18-17-22(34-25)16-11-19-9-6-5-7-10-19;1-3-7-23-18(2)28-26(30-25(23)29-21-13-11-20(12-14-21)27(31)32)24-17-16-22(33-24)15-10-19-8-5-4-6-9-19;1-3-22-23(4-2)29-26(30-25(22)28-20-13-11-19(12-14-20)27(31)32)24-17-16-21(33-24)15-10-18-8-6-5-7-9-18;1-3-22-17(2)27-25(29-24(22)28-20-12-10-19(11-13-20)26(30)31)23-16-15-21(32-23)14-9-18-7-5-4-6-8-18/h3,5-7,9-18H,1,4,8H2,2H3,(H,32,33)(H,29,30,31);3-6,8-17H,1,7H2,2H3,(H,31,32)(H,28,29,30);5-17H,3-4H2,1-2H3,(H,31,32)(H,28,29,30);4-16H,3H2,1-2H3,(H,30,31)(H,27,28,29)/b16-11+;2*15-10+;14-9+. The number of aryl methyl sites for hydroxylation is 4. The first-order chi connectivity index (χ1) is 64.2. The molecule has 660 valence electrons. The summed E-state index contributed by atoms with van der Waals surface area (Å²) in [6, 6.07) is 83.8. The minimum absolute atomic E-state index is 0.237. The van der Waals surface area contributed by atoms with Crippen LogP contribution >= 0.6 is 45.3 Å². The number of anilines is 8. The maximum absolute atomic E-state index is 11.2. The van der Waals surface area contributed by atoms with E-state index in [9.17, 15) is 19.2 Å². The van der Waals surface area contributed by atoms with Crippen molar-refractivity contribution in [3.63, 3.8) is 0 Å². The van der Waals surface area contributed by atoms with E-state index in [1.165, 1.54) is 0 Å². The Morgan fingerprint density at radius 3 is 0.788 bits per heavy atom. The minimum Gasteiger partial charge on any atom is -0.478 e. The normalized spacial score (nSPS) is 11.0. The van der Waals surface area contributed by atoms with Crippen molar-refractivity contribution in [3.8, 4) is 42.8 Å². The van der Waals surface area contributed by atoms with Crippen LogP contribution in [0.25, 0.3) is 91.4 Å². The highest BCUT2D eigenvalue weighted by molar-refractivity contribution is 7.17. The molecular weight excluding hydrogens is 1720 g/mol. The van der Waals surface area contributed by atoms with Gasteiger partial charge in [0.25, 0.3) is 0 Å². The Labute approximate surface area is 783 Å². The number of aromatic carboxylic acids is 4. The molecule has 0 spiro atoms. The summed E-state index contributed by atoms with van der Waals surface area (Å²) in [5.41, 5.74) is 16.5. The van der Waals surface area contributed by atoms with E-state index in [-0.39, 0.29) is 22.3 Å². The molecule has 0 saturated heterocycles. The van der Waals surface area contributed by atoms with Crippen molar-refractivity contribution >= 4 is 164 Å². The summed E-state index contributed by atoms with van der Waals surface area (Å²) in [6.07, 6.45) is 24.8. The Morgan fingerprint density at radius 2 is 0.523 bits per heavy atom. The lowest BCUT2D eigenvalue weighted by molar-refractivity contribution is 0.0686. The molecule has 0 saturated carbocycles. The number of carboxylic acids is 4. The number of allylic oxidation sites excluding steroid dienone is 2. The molecule has 0 unspecified atom stereocenters. The summed E-state index contributed by atoms with van der Waals surface area (Å²) in [6.45, 7) is 20.0. The molecule has 0 aliphatic heterocycles. The summed E-state index contributed by atoms with van der Waals surface area (Å²) in [5.74, 6) is 1.79. The van der Waals surface area contributed by atoms with Gasteiger partial charge in [-0.1, -0.05) is 185 Å². The average Bonchev–Trinajstić information content (AvgIpc) is 1.76. The van der Waals surface area contributed by atoms with Gasteiger partial charge in [-0.05, 0) is 245 Å². The third kappa shape index (κ3) is 25.9. The highest BCUT2D eigenvalue weighted by Gasteiger charge is 2.21. The van der Waals surface area contributed by atoms with Gasteiger partial charge in [0.1, 0.15) is 23.3 Å². The first-order valence-electron chi connectivity index (χ1n) is 42.7. The molecule has 132 heavy (non-hydrogen) atoms. The van der Waals surface area contributed by atoms with Gasteiger partial charge in [0.2, 0.25) is 0 Å². The Hall–Kier alpha value is -15.6. The first kappa shape index (κ1) is 94.0. The molecule has 16 rings (SSSR count). The van der Waals surface area contributed by atoms with Crippen molar-refractivity contribution in [2.75, 3.05) is 21.3 Å². The van der Waals surface area contributed by atoms with Gasteiger partial charge in [-0.25, -0.2) is 59.0 Å². The van der Waals surface area contributed by atoms with E-state index in [2.05, 4.69) is 190 Å². The van der Waals surface area contributed by atoms with Crippen LogP contribution in [0.4, 0.5) is 46.0 Å². The SMILES string of the molecule is C=CCc1c(C)nc(-c2ccc(/C=C/c3ccccc3)s2)nc1Nc1ccc(C(=O)O)cc1.C=CCc1c(CC)nc(-c2ccc(/C=C/c3ccccc3)s2)nc1Nc1ccc(C(=O)O)cc1.CCc1c(C)nc(-c2ccc(/C=C/c3ccccc3)s2)nc1Nc1ccc(C(=O)O)cc1.CCc1nc(-c2ccc(/C=C/c3ccccc3)s2)nc(Nc2ccc(C(=O)O)cc2)c1CC. The third-order valence-electron chi connectivity index (χ3n) is 20.6. The Kier molecular flexibility index (Phi) is 33.1. The monoisotopic (exact) mass is 1820 g/mol. The molecule has 0 radical (unpaired) electrons. The molecule has 0 fully saturated rings. The van der Waals surface area contributed by atoms with Gasteiger partial charge < -0.3 is 41.7 Å². The maximum Gasteiger partial charge on any atom is 0.335 e. The predicted molar refractivity (Wildman–Crippen MR) is 544 cm³/mol. The van der Waals surface area contributed by atoms with E-state index in [0.29, 0.717) is 47.8 Å². The van der Waals surface area contributed by atoms with Crippen molar-refractivity contribution in [1.82, 2.24) is 39.9 Å². The average molecular weight is 1820 g/mol. The molecule has 0 aliphatic rings. The van der Waals surface area contributed by atoms with Crippen LogP contribution in [0, 0.1) is 13.8 Å². The Bertz CT molecular complexity index is 6810. The molecule has 20 nitrogen and oxygen atoms in total. The van der Waals surface area contributed by atoms with Gasteiger partial charge in [0.05, 0.1) is 41.8 Å². The molecule has 8 heterocycles. The van der Waals surface area contributed by atoms with Crippen LogP contribution in [-0.4, -0.2) is 84.2 Å². The zero-order valence-corrected chi connectivity index (χ0v) is 76.7. The number of nitrogens with zero attached hydrogens (tertiary/aromatic N) is 8. The summed E-state index contributed by atoms with van der Waals surface area (Å²) in [7, 11) is 0. The van der Waals surface area contributed by atoms with E-state index in [1.54, 1.807) is 142 Å². The molecular formula is C108H96N12O8S4. The van der Waals surface area contributed by atoms with E-state index in [0.717, 1.165) is 166 Å². The maximum atomic E-state index is 11.2. The van der Waals surface area contributed by atoms with Crippen LogP contribution in [0.2, 0.25) is 0 Å². The van der Waals surface area contributed by atoms with Gasteiger partial charge in [-0.3, -0.25) is 0 Å². The van der Waals surface area contributed by atoms with Gasteiger partial charge >= 0.3 is 23.9 Å². The lowest BCUT2D eigenvalue weighted by Crippen LogP contribution is -2.07. The fraction of sp³-hybridized carbons (Fsp3) is 0.111. The lowest BCUT2D eigenvalue weighted by atomic mass is 10.1. The fourth-order valence-electron chi connectivity index (χ4n) is 13.8. The molecule has 8 aromatic carbocycles. The minimum atomic E-state index is -0.955. The second-order valence-electron chi connectivity index (χ2n) is 29.8. The van der Waals surface area contributed by atoms with E-state index in [4.69, 9.17) is 60.3 Å². The number of aromatic nitrogens is 8. The first-order valence-corrected chi connectivity index (χ1v) is 46.0. The second-order valence-corrected chi connectivity index (χ2v) is 34.2. The van der Waals surface area contributed by atoms with Gasteiger partial charge in [0.15, 0.2) is 23.3 Å². The number of carboxylic acid groups (broad SMARTS) is 4. The van der Waals surface area contributed by atoms with E-state index >= 15 is 0 Å².